The Morgan fingerprint density at radius 3 is 3.05 bits per heavy atom. The molecule has 0 fully saturated rings. The smallest absolute Gasteiger partial charge is 0.328 e. The van der Waals surface area contributed by atoms with Gasteiger partial charge in [0.05, 0.1) is 5.69 Å². The number of aliphatic carboxylic acids is 1. The number of carbonyl (C=O) groups is 1. The lowest BCUT2D eigenvalue weighted by Gasteiger charge is -2.04. The molecule has 2 N–H and O–H groups in total. The van der Waals surface area contributed by atoms with Crippen LogP contribution in [0.2, 0.25) is 0 Å². The van der Waals surface area contributed by atoms with Crippen molar-refractivity contribution in [2.45, 2.75) is 13.5 Å². The van der Waals surface area contributed by atoms with Crippen molar-refractivity contribution >= 4 is 28.5 Å². The largest absolute Gasteiger partial charge is 0.478 e. The fourth-order valence-corrected chi connectivity index (χ4v) is 2.27. The number of benzene rings is 1. The molecule has 5 heteroatoms. The highest BCUT2D eigenvalue weighted by atomic mass is 32.1. The van der Waals surface area contributed by atoms with Gasteiger partial charge in [-0.3, -0.25) is 0 Å². The molecule has 0 atom stereocenters. The lowest BCUT2D eigenvalue weighted by atomic mass is 10.1. The number of nitrogens with zero attached hydrogens (tertiary/aromatic N) is 1. The number of rotatable bonds is 5. The molecular formula is C14H14N2O2S. The van der Waals surface area contributed by atoms with Crippen LogP contribution in [0, 0.1) is 6.92 Å². The van der Waals surface area contributed by atoms with Gasteiger partial charge < -0.3 is 10.4 Å². The van der Waals surface area contributed by atoms with Gasteiger partial charge >= 0.3 is 5.97 Å². The molecule has 0 aliphatic carbocycles. The highest BCUT2D eigenvalue weighted by Crippen LogP contribution is 2.16. The monoisotopic (exact) mass is 274 g/mol. The quantitative estimate of drug-likeness (QED) is 0.822. The van der Waals surface area contributed by atoms with E-state index in [-0.39, 0.29) is 0 Å². The molecule has 0 radical (unpaired) electrons. The van der Waals surface area contributed by atoms with E-state index in [0.717, 1.165) is 28.0 Å². The Morgan fingerprint density at radius 1 is 1.53 bits per heavy atom. The van der Waals surface area contributed by atoms with E-state index in [4.69, 9.17) is 5.11 Å². The number of hydrogen-bond donors (Lipinski definition) is 2. The first kappa shape index (κ1) is 13.3. The second-order valence-corrected chi connectivity index (χ2v) is 4.92. The number of aromatic nitrogens is 1. The molecule has 2 aromatic rings. The van der Waals surface area contributed by atoms with Crippen molar-refractivity contribution in [2.75, 3.05) is 5.32 Å². The van der Waals surface area contributed by atoms with Crippen molar-refractivity contribution in [2.24, 2.45) is 0 Å². The summed E-state index contributed by atoms with van der Waals surface area (Å²) in [6.45, 7) is 2.63. The second-order valence-electron chi connectivity index (χ2n) is 4.06. The zero-order valence-corrected chi connectivity index (χ0v) is 11.3. The number of nitrogens with one attached hydrogen (secondary N) is 1. The average Bonchev–Trinajstić information content (AvgIpc) is 2.80. The topological polar surface area (TPSA) is 62.2 Å². The first-order valence-corrected chi connectivity index (χ1v) is 6.67. The third-order valence-electron chi connectivity index (χ3n) is 2.43. The van der Waals surface area contributed by atoms with Gasteiger partial charge in [0, 0.05) is 18.0 Å². The van der Waals surface area contributed by atoms with Crippen molar-refractivity contribution in [3.63, 3.8) is 0 Å². The van der Waals surface area contributed by atoms with E-state index >= 15 is 0 Å². The third kappa shape index (κ3) is 4.22. The molecule has 1 aromatic heterocycles. The predicted molar refractivity (Wildman–Crippen MR) is 77.3 cm³/mol. The summed E-state index contributed by atoms with van der Waals surface area (Å²) in [5, 5.41) is 14.7. The minimum absolute atomic E-state index is 0.668. The molecular weight excluding hydrogens is 260 g/mol. The molecule has 0 unspecified atom stereocenters. The van der Waals surface area contributed by atoms with E-state index in [1.807, 2.05) is 36.6 Å². The van der Waals surface area contributed by atoms with Crippen LogP contribution in [0.4, 0.5) is 5.13 Å². The van der Waals surface area contributed by atoms with Crippen LogP contribution in [0.3, 0.4) is 0 Å². The minimum Gasteiger partial charge on any atom is -0.478 e. The summed E-state index contributed by atoms with van der Waals surface area (Å²) in [5.74, 6) is -0.943. The number of carboxylic acid groups (broad SMARTS) is 1. The molecule has 98 valence electrons. The summed E-state index contributed by atoms with van der Waals surface area (Å²) in [4.78, 5) is 14.8. The number of thiazole rings is 1. The molecule has 0 amide bonds. The van der Waals surface area contributed by atoms with Crippen molar-refractivity contribution in [3.8, 4) is 0 Å². The maximum Gasteiger partial charge on any atom is 0.328 e. The maximum absolute atomic E-state index is 10.5. The van der Waals surface area contributed by atoms with Gasteiger partial charge in [0.15, 0.2) is 5.13 Å². The van der Waals surface area contributed by atoms with Crippen LogP contribution in [0.1, 0.15) is 16.8 Å². The summed E-state index contributed by atoms with van der Waals surface area (Å²) in [6.07, 6.45) is 2.72. The first-order valence-electron chi connectivity index (χ1n) is 5.79. The van der Waals surface area contributed by atoms with Gasteiger partial charge in [-0.05, 0) is 30.2 Å². The summed E-state index contributed by atoms with van der Waals surface area (Å²) in [6, 6.07) is 7.72. The Hall–Kier alpha value is -2.14. The molecule has 0 saturated heterocycles. The zero-order chi connectivity index (χ0) is 13.7. The Labute approximate surface area is 115 Å². The molecule has 0 bridgehead atoms. The maximum atomic E-state index is 10.5. The second kappa shape index (κ2) is 6.15. The van der Waals surface area contributed by atoms with Gasteiger partial charge in [-0.1, -0.05) is 18.2 Å². The van der Waals surface area contributed by atoms with Gasteiger partial charge in [-0.25, -0.2) is 9.78 Å². The zero-order valence-electron chi connectivity index (χ0n) is 10.5. The highest BCUT2D eigenvalue weighted by Gasteiger charge is 1.99. The molecule has 0 aliphatic rings. The minimum atomic E-state index is -0.943. The molecule has 19 heavy (non-hydrogen) atoms. The Bertz CT molecular complexity index is 605. The summed E-state index contributed by atoms with van der Waals surface area (Å²) in [5.41, 5.74) is 2.96. The van der Waals surface area contributed by atoms with Crippen LogP contribution in [-0.4, -0.2) is 16.1 Å². The summed E-state index contributed by atoms with van der Waals surface area (Å²) >= 11 is 1.57. The molecule has 0 spiro atoms. The van der Waals surface area contributed by atoms with Gasteiger partial charge in [0.25, 0.3) is 0 Å². The van der Waals surface area contributed by atoms with E-state index in [9.17, 15) is 4.79 Å². The van der Waals surface area contributed by atoms with Crippen molar-refractivity contribution in [3.05, 3.63) is 52.5 Å². The average molecular weight is 274 g/mol. The van der Waals surface area contributed by atoms with Crippen molar-refractivity contribution in [1.29, 1.82) is 0 Å². The molecule has 0 aliphatic heterocycles. The van der Waals surface area contributed by atoms with Crippen LogP contribution in [0.25, 0.3) is 6.08 Å². The van der Waals surface area contributed by atoms with Crippen LogP contribution in [0.5, 0.6) is 0 Å². The van der Waals surface area contributed by atoms with E-state index in [1.54, 1.807) is 17.4 Å². The van der Waals surface area contributed by atoms with Crippen LogP contribution < -0.4 is 5.32 Å². The van der Waals surface area contributed by atoms with E-state index in [2.05, 4.69) is 10.3 Å². The fraction of sp³-hybridized carbons (Fsp3) is 0.143. The first-order chi connectivity index (χ1) is 9.13. The lowest BCUT2D eigenvalue weighted by molar-refractivity contribution is -0.131. The Morgan fingerprint density at radius 2 is 2.37 bits per heavy atom. The summed E-state index contributed by atoms with van der Waals surface area (Å²) in [7, 11) is 0. The van der Waals surface area contributed by atoms with Gasteiger partial charge in [0.1, 0.15) is 0 Å². The number of carboxylic acids is 1. The fourth-order valence-electron chi connectivity index (χ4n) is 1.59. The van der Waals surface area contributed by atoms with E-state index < -0.39 is 5.97 Å². The number of anilines is 1. The van der Waals surface area contributed by atoms with Gasteiger partial charge in [-0.2, -0.15) is 0 Å². The summed E-state index contributed by atoms with van der Waals surface area (Å²) < 4.78 is 0. The van der Waals surface area contributed by atoms with Crippen molar-refractivity contribution in [1.82, 2.24) is 4.98 Å². The Kier molecular flexibility index (Phi) is 4.30. The van der Waals surface area contributed by atoms with E-state index in [0.29, 0.717) is 6.54 Å². The number of hydrogen-bond acceptors (Lipinski definition) is 4. The van der Waals surface area contributed by atoms with Crippen LogP contribution in [-0.2, 0) is 11.3 Å². The van der Waals surface area contributed by atoms with Crippen LogP contribution in [0.15, 0.2) is 35.7 Å². The molecule has 2 rings (SSSR count). The molecule has 1 heterocycles. The highest BCUT2D eigenvalue weighted by molar-refractivity contribution is 7.13. The van der Waals surface area contributed by atoms with E-state index in [1.165, 1.54) is 0 Å². The lowest BCUT2D eigenvalue weighted by Crippen LogP contribution is -1.99. The Balaban J connectivity index is 2.00. The normalized spacial score (nSPS) is 10.8. The third-order valence-corrected chi connectivity index (χ3v) is 3.35. The molecule has 4 nitrogen and oxygen atoms in total. The van der Waals surface area contributed by atoms with Gasteiger partial charge in [-0.15, -0.1) is 11.3 Å². The molecule has 0 saturated carbocycles. The SMILES string of the molecule is Cc1csc(NCc2cccc(C=CC(=O)O)c2)n1. The predicted octanol–water partition coefficient (Wildman–Crippen LogP) is 3.16. The standard InChI is InChI=1S/C14H14N2O2S/c1-10-9-19-14(16-10)15-8-12-4-2-3-11(7-12)5-6-13(17)18/h2-7,9H,8H2,1H3,(H,15,16)(H,17,18). The number of aryl methyl sites for hydroxylation is 1. The van der Waals surface area contributed by atoms with Gasteiger partial charge in [0.2, 0.25) is 0 Å². The molecule has 1 aromatic carbocycles. The van der Waals surface area contributed by atoms with Crippen molar-refractivity contribution < 1.29 is 9.90 Å². The van der Waals surface area contributed by atoms with Crippen LogP contribution >= 0.6 is 11.3 Å².